The Bertz CT molecular complexity index is 329. The van der Waals surface area contributed by atoms with E-state index in [-0.39, 0.29) is 5.82 Å². The number of nitriles is 1. The fourth-order valence-electron chi connectivity index (χ4n) is 1.28. The van der Waals surface area contributed by atoms with Crippen molar-refractivity contribution in [2.24, 2.45) is 0 Å². The molecule has 0 radical (unpaired) electrons. The van der Waals surface area contributed by atoms with Crippen LogP contribution in [0.25, 0.3) is 0 Å². The van der Waals surface area contributed by atoms with Crippen LogP contribution in [-0.2, 0) is 6.54 Å². The summed E-state index contributed by atoms with van der Waals surface area (Å²) in [6.07, 6.45) is 1.83. The van der Waals surface area contributed by atoms with Gasteiger partial charge in [-0.25, -0.2) is 4.39 Å². The molecule has 1 N–H and O–H groups in total. The quantitative estimate of drug-likeness (QED) is 0.555. The van der Waals surface area contributed by atoms with Crippen LogP contribution in [0, 0.1) is 31.1 Å². The van der Waals surface area contributed by atoms with E-state index in [2.05, 4.69) is 5.32 Å². The highest BCUT2D eigenvalue weighted by atomic mass is 19.1. The van der Waals surface area contributed by atoms with Crippen molar-refractivity contribution in [3.05, 3.63) is 34.6 Å². The molecule has 0 aromatic heterocycles. The summed E-state index contributed by atoms with van der Waals surface area (Å²) < 4.78 is 13.1. The predicted octanol–water partition coefficient (Wildman–Crippen LogP) is 2.01. The molecule has 0 amide bonds. The molecule has 0 bridgehead atoms. The minimum atomic E-state index is -0.166. The first kappa shape index (κ1) is 9.53. The average molecular weight is 178 g/mol. The number of nitrogens with zero attached hydrogens (tertiary/aromatic N) is 1. The van der Waals surface area contributed by atoms with Gasteiger partial charge in [-0.15, -0.1) is 0 Å². The molecule has 0 atom stereocenters. The van der Waals surface area contributed by atoms with Crippen LogP contribution < -0.4 is 5.32 Å². The molecule has 13 heavy (non-hydrogen) atoms. The Morgan fingerprint density at radius 3 is 2.38 bits per heavy atom. The number of halogens is 1. The van der Waals surface area contributed by atoms with Crippen molar-refractivity contribution in [1.82, 2.24) is 5.32 Å². The van der Waals surface area contributed by atoms with Crippen LogP contribution in [0.1, 0.15) is 16.7 Å². The molecule has 1 aromatic rings. The topological polar surface area (TPSA) is 35.8 Å². The second kappa shape index (κ2) is 3.90. The van der Waals surface area contributed by atoms with E-state index in [9.17, 15) is 4.39 Å². The predicted molar refractivity (Wildman–Crippen MR) is 48.3 cm³/mol. The van der Waals surface area contributed by atoms with Gasteiger partial charge >= 0.3 is 0 Å². The van der Waals surface area contributed by atoms with Gasteiger partial charge < -0.3 is 5.32 Å². The zero-order valence-electron chi connectivity index (χ0n) is 7.69. The highest BCUT2D eigenvalue weighted by Crippen LogP contribution is 2.14. The Balaban J connectivity index is 2.94. The third-order valence-electron chi connectivity index (χ3n) is 1.87. The largest absolute Gasteiger partial charge is 0.319 e. The van der Waals surface area contributed by atoms with E-state index < -0.39 is 0 Å². The first-order chi connectivity index (χ1) is 6.15. The lowest BCUT2D eigenvalue weighted by Crippen LogP contribution is -2.05. The molecular formula is C10H11FN2. The van der Waals surface area contributed by atoms with E-state index in [0.717, 1.165) is 5.56 Å². The van der Waals surface area contributed by atoms with Crippen LogP contribution in [0.3, 0.4) is 0 Å². The second-order valence-electron chi connectivity index (χ2n) is 3.01. The minimum absolute atomic E-state index is 0.166. The third kappa shape index (κ3) is 2.19. The summed E-state index contributed by atoms with van der Waals surface area (Å²) in [5.74, 6) is -0.166. The van der Waals surface area contributed by atoms with E-state index in [1.54, 1.807) is 26.0 Å². The average Bonchev–Trinajstić information content (AvgIpc) is 2.10. The number of aryl methyl sites for hydroxylation is 2. The highest BCUT2D eigenvalue weighted by molar-refractivity contribution is 5.30. The molecule has 68 valence electrons. The molecule has 0 heterocycles. The Kier molecular flexibility index (Phi) is 2.86. The van der Waals surface area contributed by atoms with Gasteiger partial charge in [-0.3, -0.25) is 0 Å². The van der Waals surface area contributed by atoms with Gasteiger partial charge in [-0.2, -0.15) is 5.26 Å². The van der Waals surface area contributed by atoms with Crippen molar-refractivity contribution < 1.29 is 4.39 Å². The van der Waals surface area contributed by atoms with Crippen LogP contribution >= 0.6 is 0 Å². The summed E-state index contributed by atoms with van der Waals surface area (Å²) in [7, 11) is 0. The maximum absolute atomic E-state index is 13.1. The van der Waals surface area contributed by atoms with Crippen LogP contribution in [0.15, 0.2) is 12.1 Å². The lowest BCUT2D eigenvalue weighted by atomic mass is 10.1. The smallest absolute Gasteiger partial charge is 0.176 e. The van der Waals surface area contributed by atoms with E-state index in [4.69, 9.17) is 5.26 Å². The molecule has 0 saturated heterocycles. The molecule has 0 aliphatic rings. The van der Waals surface area contributed by atoms with Crippen LogP contribution in [-0.4, -0.2) is 0 Å². The van der Waals surface area contributed by atoms with E-state index in [0.29, 0.717) is 17.7 Å². The summed E-state index contributed by atoms with van der Waals surface area (Å²) in [5, 5.41) is 10.8. The van der Waals surface area contributed by atoms with Gasteiger partial charge in [0, 0.05) is 6.54 Å². The van der Waals surface area contributed by atoms with Crippen molar-refractivity contribution in [2.45, 2.75) is 20.4 Å². The molecule has 1 rings (SSSR count). The van der Waals surface area contributed by atoms with Gasteiger partial charge in [0.05, 0.1) is 0 Å². The fourth-order valence-corrected chi connectivity index (χ4v) is 1.28. The van der Waals surface area contributed by atoms with E-state index in [1.165, 1.54) is 0 Å². The van der Waals surface area contributed by atoms with Crippen LogP contribution in [0.4, 0.5) is 4.39 Å². The van der Waals surface area contributed by atoms with Crippen molar-refractivity contribution in [3.8, 4) is 6.19 Å². The summed E-state index contributed by atoms with van der Waals surface area (Å²) in [6, 6.07) is 3.49. The third-order valence-corrected chi connectivity index (χ3v) is 1.87. The van der Waals surface area contributed by atoms with Gasteiger partial charge in [0.1, 0.15) is 5.82 Å². The van der Waals surface area contributed by atoms with Gasteiger partial charge in [0.25, 0.3) is 0 Å². The standard InChI is InChI=1S/C10H11FN2/c1-7-3-9(5-13-6-12)4-8(2)10(7)11/h3-4,13H,5H2,1-2H3. The molecule has 0 unspecified atom stereocenters. The fraction of sp³-hybridized carbons (Fsp3) is 0.300. The lowest BCUT2D eigenvalue weighted by Gasteiger charge is -2.05. The van der Waals surface area contributed by atoms with Gasteiger partial charge in [-0.1, -0.05) is 12.1 Å². The number of benzene rings is 1. The molecule has 0 aliphatic heterocycles. The van der Waals surface area contributed by atoms with Gasteiger partial charge in [0.2, 0.25) is 0 Å². The second-order valence-corrected chi connectivity index (χ2v) is 3.01. The van der Waals surface area contributed by atoms with E-state index in [1.807, 2.05) is 6.19 Å². The number of rotatable bonds is 2. The van der Waals surface area contributed by atoms with Crippen molar-refractivity contribution in [1.29, 1.82) is 5.26 Å². The van der Waals surface area contributed by atoms with Gasteiger partial charge in [-0.05, 0) is 30.5 Å². The highest BCUT2D eigenvalue weighted by Gasteiger charge is 2.03. The maximum Gasteiger partial charge on any atom is 0.176 e. The Morgan fingerprint density at radius 2 is 1.92 bits per heavy atom. The molecule has 0 fully saturated rings. The Morgan fingerprint density at radius 1 is 1.38 bits per heavy atom. The Labute approximate surface area is 77.0 Å². The zero-order chi connectivity index (χ0) is 9.84. The van der Waals surface area contributed by atoms with Crippen molar-refractivity contribution in [2.75, 3.05) is 0 Å². The normalized spacial score (nSPS) is 9.38. The van der Waals surface area contributed by atoms with Crippen LogP contribution in [0.2, 0.25) is 0 Å². The summed E-state index contributed by atoms with van der Waals surface area (Å²) in [5.41, 5.74) is 2.17. The van der Waals surface area contributed by atoms with E-state index >= 15 is 0 Å². The molecule has 3 heteroatoms. The summed E-state index contributed by atoms with van der Waals surface area (Å²) in [4.78, 5) is 0. The molecule has 2 nitrogen and oxygen atoms in total. The number of nitrogens with one attached hydrogen (secondary N) is 1. The monoisotopic (exact) mass is 178 g/mol. The molecular weight excluding hydrogens is 167 g/mol. The van der Waals surface area contributed by atoms with Crippen molar-refractivity contribution >= 4 is 0 Å². The molecule has 0 aliphatic carbocycles. The number of hydrogen-bond acceptors (Lipinski definition) is 2. The molecule has 0 saturated carbocycles. The first-order valence-electron chi connectivity index (χ1n) is 4.02. The minimum Gasteiger partial charge on any atom is -0.319 e. The Hall–Kier alpha value is -1.56. The summed E-state index contributed by atoms with van der Waals surface area (Å²) in [6.45, 7) is 3.90. The molecule has 1 aromatic carbocycles. The van der Waals surface area contributed by atoms with Gasteiger partial charge in [0.15, 0.2) is 6.19 Å². The first-order valence-corrected chi connectivity index (χ1v) is 4.02. The van der Waals surface area contributed by atoms with Crippen LogP contribution in [0.5, 0.6) is 0 Å². The SMILES string of the molecule is Cc1cc(CNC#N)cc(C)c1F. The van der Waals surface area contributed by atoms with Crippen molar-refractivity contribution in [3.63, 3.8) is 0 Å². The summed E-state index contributed by atoms with van der Waals surface area (Å²) >= 11 is 0. The lowest BCUT2D eigenvalue weighted by molar-refractivity contribution is 0.607. The maximum atomic E-state index is 13.1. The zero-order valence-corrected chi connectivity index (χ0v) is 7.69. The number of hydrogen-bond donors (Lipinski definition) is 1. The molecule has 0 spiro atoms.